The lowest BCUT2D eigenvalue weighted by atomic mass is 9.82. The van der Waals surface area contributed by atoms with Crippen LogP contribution in [0.4, 0.5) is 17.6 Å². The van der Waals surface area contributed by atoms with Gasteiger partial charge in [-0.15, -0.1) is 0 Å². The predicted octanol–water partition coefficient (Wildman–Crippen LogP) is 8.09. The van der Waals surface area contributed by atoms with Crippen LogP contribution in [-0.2, 0) is 4.79 Å². The van der Waals surface area contributed by atoms with Crippen LogP contribution in [0, 0.1) is 35.1 Å². The first-order valence-electron chi connectivity index (χ1n) is 13.1. The van der Waals surface area contributed by atoms with Crippen molar-refractivity contribution in [2.75, 3.05) is 6.61 Å². The number of Topliss-reactive ketones (excluding diaryl/α,β-unsaturated/α-hetero) is 2. The Morgan fingerprint density at radius 3 is 2.28 bits per heavy atom. The first-order valence-corrected chi connectivity index (χ1v) is 13.1. The van der Waals surface area contributed by atoms with Crippen molar-refractivity contribution in [2.45, 2.75) is 45.4 Å². The molecule has 7 heteroatoms. The van der Waals surface area contributed by atoms with Crippen LogP contribution in [-0.4, -0.2) is 18.2 Å². The number of hydrogen-bond donors (Lipinski definition) is 0. The molecule has 3 nitrogen and oxygen atoms in total. The molecule has 0 aliphatic heterocycles. The average Bonchev–Trinajstić information content (AvgIpc) is 3.35. The zero-order valence-electron chi connectivity index (χ0n) is 21.9. The van der Waals surface area contributed by atoms with Gasteiger partial charge < -0.3 is 4.74 Å². The molecule has 0 saturated heterocycles. The van der Waals surface area contributed by atoms with Crippen LogP contribution in [0.1, 0.15) is 66.9 Å². The van der Waals surface area contributed by atoms with Crippen molar-refractivity contribution >= 4 is 17.1 Å². The Morgan fingerprint density at radius 2 is 1.62 bits per heavy atom. The molecule has 1 aliphatic carbocycles. The number of rotatable bonds is 11. The topological polar surface area (TPSA) is 43.4 Å². The highest BCUT2D eigenvalue weighted by Gasteiger charge is 2.38. The summed E-state index contributed by atoms with van der Waals surface area (Å²) in [6.45, 7) is 4.01. The fourth-order valence-electron chi connectivity index (χ4n) is 4.91. The average molecular weight is 539 g/mol. The van der Waals surface area contributed by atoms with Gasteiger partial charge in [0.15, 0.2) is 11.6 Å². The number of halogens is 4. The number of benzene rings is 3. The van der Waals surface area contributed by atoms with Gasteiger partial charge in [0, 0.05) is 30.4 Å². The molecule has 4 rings (SSSR count). The van der Waals surface area contributed by atoms with Gasteiger partial charge in [0.25, 0.3) is 0 Å². The number of ether oxygens (including phenoxy) is 1. The summed E-state index contributed by atoms with van der Waals surface area (Å²) in [4.78, 5) is 26.0. The van der Waals surface area contributed by atoms with Crippen LogP contribution in [0.15, 0.2) is 66.7 Å². The SMILES string of the molecule is CCC(C)CCC(=O)COc1ccccc1C1CC(c2ccc(F)cc2)=CC1C(=O)c1c(F)cc(F)cc1F. The van der Waals surface area contributed by atoms with E-state index in [1.165, 1.54) is 12.1 Å². The van der Waals surface area contributed by atoms with E-state index in [4.69, 9.17) is 4.74 Å². The van der Waals surface area contributed by atoms with Crippen molar-refractivity contribution in [3.05, 3.63) is 107 Å². The molecule has 0 radical (unpaired) electrons. The number of carbonyl (C=O) groups is 2. The molecule has 3 aromatic rings. The standard InChI is InChI=1S/C32H30F4O3/c1-3-19(2)8-13-24(37)18-39-30-7-5-4-6-25(30)26-14-21(20-9-11-22(33)12-10-20)15-27(26)32(38)31-28(35)16-23(34)17-29(31)36/h4-7,9-12,15-17,19,26-27H,3,8,13-14,18H2,1-2H3. The van der Waals surface area contributed by atoms with Crippen molar-refractivity contribution in [2.24, 2.45) is 11.8 Å². The molecule has 0 saturated carbocycles. The summed E-state index contributed by atoms with van der Waals surface area (Å²) < 4.78 is 62.3. The molecule has 0 heterocycles. The highest BCUT2D eigenvalue weighted by Crippen LogP contribution is 2.47. The van der Waals surface area contributed by atoms with E-state index in [9.17, 15) is 27.2 Å². The first-order chi connectivity index (χ1) is 18.7. The lowest BCUT2D eigenvalue weighted by molar-refractivity contribution is -0.121. The smallest absolute Gasteiger partial charge is 0.176 e. The van der Waals surface area contributed by atoms with E-state index in [0.29, 0.717) is 53.3 Å². The Balaban J connectivity index is 1.66. The number of allylic oxidation sites excluding steroid dienone is 2. The molecule has 0 N–H and O–H groups in total. The van der Waals surface area contributed by atoms with E-state index >= 15 is 0 Å². The van der Waals surface area contributed by atoms with Gasteiger partial charge in [-0.3, -0.25) is 9.59 Å². The summed E-state index contributed by atoms with van der Waals surface area (Å²) in [5, 5.41) is 0. The number of para-hydroxylation sites is 1. The van der Waals surface area contributed by atoms with Crippen molar-refractivity contribution < 1.29 is 31.9 Å². The maximum Gasteiger partial charge on any atom is 0.176 e. The van der Waals surface area contributed by atoms with E-state index in [0.717, 1.165) is 12.8 Å². The highest BCUT2D eigenvalue weighted by atomic mass is 19.1. The fraction of sp³-hybridized carbons (Fsp3) is 0.312. The molecule has 3 aromatic carbocycles. The molecular weight excluding hydrogens is 508 g/mol. The van der Waals surface area contributed by atoms with Crippen LogP contribution in [0.3, 0.4) is 0 Å². The number of hydrogen-bond acceptors (Lipinski definition) is 3. The minimum absolute atomic E-state index is 0.0512. The summed E-state index contributed by atoms with van der Waals surface area (Å²) in [6, 6.07) is 13.6. The van der Waals surface area contributed by atoms with Crippen LogP contribution in [0.25, 0.3) is 5.57 Å². The lowest BCUT2D eigenvalue weighted by Gasteiger charge is -2.22. The Hall–Kier alpha value is -3.74. The molecule has 39 heavy (non-hydrogen) atoms. The second-order valence-electron chi connectivity index (χ2n) is 10.1. The normalized spacial score (nSPS) is 17.5. The zero-order chi connectivity index (χ0) is 28.1. The third-order valence-corrected chi connectivity index (χ3v) is 7.35. The Bertz CT molecular complexity index is 1360. The maximum absolute atomic E-state index is 14.6. The van der Waals surface area contributed by atoms with E-state index < -0.39 is 46.5 Å². The van der Waals surface area contributed by atoms with Crippen molar-refractivity contribution in [1.29, 1.82) is 0 Å². The Kier molecular flexibility index (Phi) is 9.00. The van der Waals surface area contributed by atoms with Gasteiger partial charge in [0.1, 0.15) is 35.6 Å². The van der Waals surface area contributed by atoms with Gasteiger partial charge in [-0.05, 0) is 53.7 Å². The van der Waals surface area contributed by atoms with E-state index in [-0.39, 0.29) is 12.4 Å². The van der Waals surface area contributed by atoms with Gasteiger partial charge in [-0.1, -0.05) is 56.7 Å². The molecule has 3 atom stereocenters. The van der Waals surface area contributed by atoms with Gasteiger partial charge in [-0.25, -0.2) is 17.6 Å². The summed E-state index contributed by atoms with van der Waals surface area (Å²) in [6.07, 6.45) is 4.05. The minimum Gasteiger partial charge on any atom is -0.486 e. The molecule has 204 valence electrons. The quantitative estimate of drug-likeness (QED) is 0.183. The minimum atomic E-state index is -1.28. The molecular formula is C32H30F4O3. The van der Waals surface area contributed by atoms with Gasteiger partial charge in [0.05, 0.1) is 5.56 Å². The summed E-state index contributed by atoms with van der Waals surface area (Å²) in [7, 11) is 0. The maximum atomic E-state index is 14.6. The molecule has 0 amide bonds. The van der Waals surface area contributed by atoms with Crippen molar-refractivity contribution in [3.63, 3.8) is 0 Å². The molecule has 0 aromatic heterocycles. The summed E-state index contributed by atoms with van der Waals surface area (Å²) in [5.74, 6) is -5.78. The summed E-state index contributed by atoms with van der Waals surface area (Å²) in [5.41, 5.74) is 1.14. The van der Waals surface area contributed by atoms with Crippen LogP contribution in [0.5, 0.6) is 5.75 Å². The lowest BCUT2D eigenvalue weighted by Crippen LogP contribution is -2.21. The highest BCUT2D eigenvalue weighted by molar-refractivity contribution is 6.02. The molecule has 0 fully saturated rings. The Labute approximate surface area is 225 Å². The van der Waals surface area contributed by atoms with Crippen LogP contribution >= 0.6 is 0 Å². The molecule has 0 bridgehead atoms. The third-order valence-electron chi connectivity index (χ3n) is 7.35. The molecule has 1 aliphatic rings. The molecule has 0 spiro atoms. The molecule has 3 unspecified atom stereocenters. The van der Waals surface area contributed by atoms with Crippen LogP contribution < -0.4 is 4.74 Å². The monoisotopic (exact) mass is 538 g/mol. The van der Waals surface area contributed by atoms with Crippen LogP contribution in [0.2, 0.25) is 0 Å². The number of carbonyl (C=O) groups excluding carboxylic acids is 2. The second kappa shape index (κ2) is 12.4. The van der Waals surface area contributed by atoms with E-state index in [1.807, 2.05) is 0 Å². The third kappa shape index (κ3) is 6.64. The largest absolute Gasteiger partial charge is 0.486 e. The van der Waals surface area contributed by atoms with Crippen molar-refractivity contribution in [3.8, 4) is 5.75 Å². The summed E-state index contributed by atoms with van der Waals surface area (Å²) >= 11 is 0. The number of ketones is 2. The fourth-order valence-corrected chi connectivity index (χ4v) is 4.91. The van der Waals surface area contributed by atoms with Gasteiger partial charge in [0.2, 0.25) is 0 Å². The van der Waals surface area contributed by atoms with Gasteiger partial charge >= 0.3 is 0 Å². The Morgan fingerprint density at radius 1 is 0.949 bits per heavy atom. The van der Waals surface area contributed by atoms with E-state index in [1.54, 1.807) is 42.5 Å². The van der Waals surface area contributed by atoms with Crippen molar-refractivity contribution in [1.82, 2.24) is 0 Å². The van der Waals surface area contributed by atoms with Gasteiger partial charge in [-0.2, -0.15) is 0 Å². The van der Waals surface area contributed by atoms with E-state index in [2.05, 4.69) is 13.8 Å². The second-order valence-corrected chi connectivity index (χ2v) is 10.1. The zero-order valence-corrected chi connectivity index (χ0v) is 21.9. The first kappa shape index (κ1) is 28.3. The predicted molar refractivity (Wildman–Crippen MR) is 142 cm³/mol.